The van der Waals surface area contributed by atoms with E-state index in [-0.39, 0.29) is 0 Å². The van der Waals surface area contributed by atoms with Crippen LogP contribution in [0.3, 0.4) is 0 Å². The van der Waals surface area contributed by atoms with Crippen molar-refractivity contribution in [3.63, 3.8) is 0 Å². The molecule has 2 nitrogen and oxygen atoms in total. The van der Waals surface area contributed by atoms with E-state index in [1.807, 2.05) is 12.1 Å². The Morgan fingerprint density at radius 3 is 1.42 bits per heavy atom. The summed E-state index contributed by atoms with van der Waals surface area (Å²) in [5.41, 5.74) is 3.96. The van der Waals surface area contributed by atoms with Gasteiger partial charge < -0.3 is 4.74 Å². The molecule has 0 saturated heterocycles. The lowest BCUT2D eigenvalue weighted by Crippen LogP contribution is -2.22. The summed E-state index contributed by atoms with van der Waals surface area (Å²) in [6.45, 7) is 2.78. The minimum atomic E-state index is 0.899. The molecular formula is C22H23NO. The monoisotopic (exact) mass is 317 g/mol. The summed E-state index contributed by atoms with van der Waals surface area (Å²) in [5, 5.41) is 0. The number of hydrogen-bond donors (Lipinski definition) is 0. The van der Waals surface area contributed by atoms with Crippen molar-refractivity contribution in [2.75, 3.05) is 7.11 Å². The van der Waals surface area contributed by atoms with E-state index in [1.165, 1.54) is 16.7 Å². The minimum absolute atomic E-state index is 0.899. The molecule has 3 aromatic rings. The van der Waals surface area contributed by atoms with Crippen LogP contribution in [0.2, 0.25) is 0 Å². The van der Waals surface area contributed by atoms with Gasteiger partial charge in [0, 0.05) is 19.6 Å². The van der Waals surface area contributed by atoms with Crippen LogP contribution in [-0.4, -0.2) is 12.0 Å². The molecule has 0 saturated carbocycles. The molecule has 0 heterocycles. The lowest BCUT2D eigenvalue weighted by molar-refractivity contribution is 0.247. The van der Waals surface area contributed by atoms with Gasteiger partial charge in [-0.25, -0.2) is 0 Å². The van der Waals surface area contributed by atoms with Gasteiger partial charge in [-0.2, -0.15) is 0 Å². The van der Waals surface area contributed by atoms with Crippen LogP contribution in [0.25, 0.3) is 0 Å². The number of hydrogen-bond acceptors (Lipinski definition) is 2. The maximum absolute atomic E-state index is 5.25. The number of benzene rings is 3. The molecule has 24 heavy (non-hydrogen) atoms. The van der Waals surface area contributed by atoms with E-state index in [1.54, 1.807) is 7.11 Å². The maximum atomic E-state index is 5.25. The molecule has 0 bridgehead atoms. The van der Waals surface area contributed by atoms with Gasteiger partial charge in [-0.1, -0.05) is 72.8 Å². The SMILES string of the molecule is COc1ccc(CN(Cc2ccccc2)Cc2ccccc2)cc1. The average molecular weight is 317 g/mol. The van der Waals surface area contributed by atoms with Gasteiger partial charge in [0.25, 0.3) is 0 Å². The van der Waals surface area contributed by atoms with Gasteiger partial charge in [0.15, 0.2) is 0 Å². The fourth-order valence-electron chi connectivity index (χ4n) is 2.84. The highest BCUT2D eigenvalue weighted by Crippen LogP contribution is 2.17. The summed E-state index contributed by atoms with van der Waals surface area (Å²) < 4.78 is 5.25. The average Bonchev–Trinajstić information content (AvgIpc) is 2.64. The van der Waals surface area contributed by atoms with Gasteiger partial charge >= 0.3 is 0 Å². The predicted octanol–water partition coefficient (Wildman–Crippen LogP) is 4.90. The Labute approximate surface area is 144 Å². The second kappa shape index (κ2) is 8.32. The Bertz CT molecular complexity index is 681. The van der Waals surface area contributed by atoms with E-state index in [0.29, 0.717) is 0 Å². The molecule has 2 heteroatoms. The quantitative estimate of drug-likeness (QED) is 0.614. The molecule has 3 rings (SSSR count). The summed E-state index contributed by atoms with van der Waals surface area (Å²) >= 11 is 0. The van der Waals surface area contributed by atoms with Crippen molar-refractivity contribution < 1.29 is 4.74 Å². The first-order valence-corrected chi connectivity index (χ1v) is 8.26. The highest BCUT2D eigenvalue weighted by atomic mass is 16.5. The molecule has 0 N–H and O–H groups in total. The van der Waals surface area contributed by atoms with Crippen molar-refractivity contribution in [2.24, 2.45) is 0 Å². The van der Waals surface area contributed by atoms with Gasteiger partial charge in [-0.3, -0.25) is 4.90 Å². The number of rotatable bonds is 7. The first-order chi connectivity index (χ1) is 11.8. The second-order valence-electron chi connectivity index (χ2n) is 5.96. The molecule has 0 aromatic heterocycles. The highest BCUT2D eigenvalue weighted by Gasteiger charge is 2.08. The zero-order valence-electron chi connectivity index (χ0n) is 14.1. The zero-order chi connectivity index (χ0) is 16.6. The molecule has 0 aliphatic carbocycles. The molecule has 0 aliphatic rings. The molecule has 3 aromatic carbocycles. The summed E-state index contributed by atoms with van der Waals surface area (Å²) in [4.78, 5) is 2.46. The third-order valence-corrected chi connectivity index (χ3v) is 4.06. The molecule has 0 radical (unpaired) electrons. The van der Waals surface area contributed by atoms with Gasteiger partial charge in [0.2, 0.25) is 0 Å². The standard InChI is InChI=1S/C22H23NO/c1-24-22-14-12-21(13-15-22)18-23(16-19-8-4-2-5-9-19)17-20-10-6-3-7-11-20/h2-15H,16-18H2,1H3. The fraction of sp³-hybridized carbons (Fsp3) is 0.182. The Hall–Kier alpha value is -2.58. The molecule has 0 amide bonds. The Morgan fingerprint density at radius 2 is 1.00 bits per heavy atom. The van der Waals surface area contributed by atoms with E-state index in [2.05, 4.69) is 77.7 Å². The second-order valence-corrected chi connectivity index (χ2v) is 5.96. The van der Waals surface area contributed by atoms with E-state index in [4.69, 9.17) is 4.74 Å². The first kappa shape index (κ1) is 16.3. The van der Waals surface area contributed by atoms with Crippen LogP contribution >= 0.6 is 0 Å². The lowest BCUT2D eigenvalue weighted by Gasteiger charge is -2.23. The van der Waals surface area contributed by atoms with Crippen LogP contribution in [0.1, 0.15) is 16.7 Å². The fourth-order valence-corrected chi connectivity index (χ4v) is 2.84. The highest BCUT2D eigenvalue weighted by molar-refractivity contribution is 5.27. The summed E-state index contributed by atoms with van der Waals surface area (Å²) in [6.07, 6.45) is 0. The molecule has 0 aliphatic heterocycles. The molecule has 0 fully saturated rings. The Morgan fingerprint density at radius 1 is 0.583 bits per heavy atom. The molecule has 122 valence electrons. The summed E-state index contributed by atoms with van der Waals surface area (Å²) in [6, 6.07) is 29.6. The van der Waals surface area contributed by atoms with Crippen molar-refractivity contribution in [3.05, 3.63) is 102 Å². The maximum Gasteiger partial charge on any atom is 0.118 e. The Kier molecular flexibility index (Phi) is 5.65. The zero-order valence-corrected chi connectivity index (χ0v) is 14.1. The molecule has 0 spiro atoms. The normalized spacial score (nSPS) is 10.8. The van der Waals surface area contributed by atoms with Crippen molar-refractivity contribution in [1.29, 1.82) is 0 Å². The van der Waals surface area contributed by atoms with Crippen LogP contribution in [0.5, 0.6) is 5.75 Å². The van der Waals surface area contributed by atoms with Gasteiger partial charge in [0.1, 0.15) is 5.75 Å². The smallest absolute Gasteiger partial charge is 0.118 e. The molecular weight excluding hydrogens is 294 g/mol. The third-order valence-electron chi connectivity index (χ3n) is 4.06. The predicted molar refractivity (Wildman–Crippen MR) is 98.8 cm³/mol. The molecule has 0 unspecified atom stereocenters. The minimum Gasteiger partial charge on any atom is -0.497 e. The van der Waals surface area contributed by atoms with E-state index < -0.39 is 0 Å². The van der Waals surface area contributed by atoms with E-state index in [0.717, 1.165) is 25.4 Å². The van der Waals surface area contributed by atoms with E-state index >= 15 is 0 Å². The number of methoxy groups -OCH3 is 1. The van der Waals surface area contributed by atoms with Crippen LogP contribution in [0.4, 0.5) is 0 Å². The third kappa shape index (κ3) is 4.71. The van der Waals surface area contributed by atoms with Crippen molar-refractivity contribution >= 4 is 0 Å². The number of nitrogens with zero attached hydrogens (tertiary/aromatic N) is 1. The summed E-state index contributed by atoms with van der Waals surface area (Å²) in [7, 11) is 1.70. The van der Waals surface area contributed by atoms with Crippen LogP contribution in [-0.2, 0) is 19.6 Å². The number of ether oxygens (including phenoxy) is 1. The van der Waals surface area contributed by atoms with Crippen molar-refractivity contribution in [2.45, 2.75) is 19.6 Å². The Balaban J connectivity index is 1.75. The van der Waals surface area contributed by atoms with Crippen LogP contribution in [0.15, 0.2) is 84.9 Å². The van der Waals surface area contributed by atoms with Gasteiger partial charge in [0.05, 0.1) is 7.11 Å². The van der Waals surface area contributed by atoms with Crippen molar-refractivity contribution in [3.8, 4) is 5.75 Å². The lowest BCUT2D eigenvalue weighted by atomic mass is 10.1. The van der Waals surface area contributed by atoms with Gasteiger partial charge in [-0.15, -0.1) is 0 Å². The van der Waals surface area contributed by atoms with Crippen molar-refractivity contribution in [1.82, 2.24) is 4.90 Å². The molecule has 0 atom stereocenters. The van der Waals surface area contributed by atoms with Crippen LogP contribution in [0, 0.1) is 0 Å². The van der Waals surface area contributed by atoms with Crippen LogP contribution < -0.4 is 4.74 Å². The first-order valence-electron chi connectivity index (χ1n) is 8.26. The van der Waals surface area contributed by atoms with E-state index in [9.17, 15) is 0 Å². The topological polar surface area (TPSA) is 12.5 Å². The largest absolute Gasteiger partial charge is 0.497 e. The summed E-state index contributed by atoms with van der Waals surface area (Å²) in [5.74, 6) is 0.899. The van der Waals surface area contributed by atoms with Gasteiger partial charge in [-0.05, 0) is 28.8 Å².